The molecule has 1 aliphatic rings. The summed E-state index contributed by atoms with van der Waals surface area (Å²) in [6.45, 7) is 1.20. The van der Waals surface area contributed by atoms with Gasteiger partial charge >= 0.3 is 0 Å². The van der Waals surface area contributed by atoms with E-state index in [-0.39, 0.29) is 0 Å². The van der Waals surface area contributed by atoms with Crippen molar-refractivity contribution in [3.63, 3.8) is 0 Å². The first-order valence-electron chi connectivity index (χ1n) is 6.36. The Morgan fingerprint density at radius 2 is 2.17 bits per heavy atom. The van der Waals surface area contributed by atoms with Crippen LogP contribution in [-0.4, -0.2) is 26.2 Å². The predicted molar refractivity (Wildman–Crippen MR) is 70.5 cm³/mol. The molecule has 3 rings (SSSR count). The van der Waals surface area contributed by atoms with Gasteiger partial charge in [-0.3, -0.25) is 0 Å². The summed E-state index contributed by atoms with van der Waals surface area (Å²) in [5, 5.41) is 10.8. The van der Waals surface area contributed by atoms with Crippen LogP contribution >= 0.6 is 11.6 Å². The van der Waals surface area contributed by atoms with E-state index in [0.29, 0.717) is 23.6 Å². The lowest BCUT2D eigenvalue weighted by molar-refractivity contribution is 0.185. The van der Waals surface area contributed by atoms with Crippen molar-refractivity contribution in [3.8, 4) is 0 Å². The Morgan fingerprint density at radius 1 is 1.33 bits per heavy atom. The average molecular weight is 266 g/mol. The van der Waals surface area contributed by atoms with E-state index >= 15 is 0 Å². The Hall–Kier alpha value is -1.13. The number of fused-ring (bicyclic) bond motifs is 1. The van der Waals surface area contributed by atoms with Gasteiger partial charge in [0.2, 0.25) is 0 Å². The van der Waals surface area contributed by atoms with Crippen molar-refractivity contribution in [1.29, 1.82) is 0 Å². The zero-order valence-corrected chi connectivity index (χ0v) is 10.8. The molecular weight excluding hydrogens is 250 g/mol. The molecule has 0 spiro atoms. The van der Waals surface area contributed by atoms with Gasteiger partial charge in [-0.15, -0.1) is 0 Å². The van der Waals surface area contributed by atoms with Gasteiger partial charge < -0.3 is 9.67 Å². The highest BCUT2D eigenvalue weighted by molar-refractivity contribution is 6.33. The fourth-order valence-corrected chi connectivity index (χ4v) is 3.16. The molecule has 1 fully saturated rings. The first kappa shape index (κ1) is 11.9. The molecule has 2 aromatic heterocycles. The van der Waals surface area contributed by atoms with Crippen LogP contribution in [0.5, 0.6) is 0 Å². The van der Waals surface area contributed by atoms with Crippen molar-refractivity contribution in [2.75, 3.05) is 6.61 Å². The van der Waals surface area contributed by atoms with Crippen LogP contribution < -0.4 is 0 Å². The lowest BCUT2D eigenvalue weighted by atomic mass is 9.97. The topological polar surface area (TPSA) is 50.9 Å². The summed E-state index contributed by atoms with van der Waals surface area (Å²) in [6.07, 6.45) is 7.04. The molecule has 1 N–H and O–H groups in total. The molecule has 0 unspecified atom stereocenters. The molecule has 4 nitrogen and oxygen atoms in total. The Balaban J connectivity index is 1.89. The number of rotatable bonds is 3. The minimum absolute atomic E-state index is 0.291. The summed E-state index contributed by atoms with van der Waals surface area (Å²) < 4.78 is 2.13. The Morgan fingerprint density at radius 3 is 3.00 bits per heavy atom. The standard InChI is InChI=1S/C13H16ClN3O/c14-12-11-4-5-17(13(11)16-8-15-12)6-9-2-1-3-10(9)7-18/h4-5,8-10,18H,1-3,6-7H2/t9-,10+/m1/s1. The minimum Gasteiger partial charge on any atom is -0.396 e. The maximum atomic E-state index is 9.37. The highest BCUT2D eigenvalue weighted by atomic mass is 35.5. The number of aromatic nitrogens is 3. The Bertz CT molecular complexity index is 554. The normalized spacial score (nSPS) is 23.9. The number of hydrogen-bond acceptors (Lipinski definition) is 3. The van der Waals surface area contributed by atoms with Gasteiger partial charge in [0.25, 0.3) is 0 Å². The number of halogens is 1. The summed E-state index contributed by atoms with van der Waals surface area (Å²) in [5.74, 6) is 0.971. The van der Waals surface area contributed by atoms with E-state index in [9.17, 15) is 5.11 Å². The monoisotopic (exact) mass is 265 g/mol. The van der Waals surface area contributed by atoms with Gasteiger partial charge in [-0.25, -0.2) is 9.97 Å². The van der Waals surface area contributed by atoms with Crippen LogP contribution in [0.4, 0.5) is 0 Å². The Kier molecular flexibility index (Phi) is 3.22. The average Bonchev–Trinajstić information content (AvgIpc) is 2.98. The van der Waals surface area contributed by atoms with Crippen molar-refractivity contribution < 1.29 is 5.11 Å². The van der Waals surface area contributed by atoms with Crippen molar-refractivity contribution in [3.05, 3.63) is 23.7 Å². The zero-order valence-electron chi connectivity index (χ0n) is 10.1. The van der Waals surface area contributed by atoms with E-state index in [0.717, 1.165) is 24.0 Å². The second-order valence-electron chi connectivity index (χ2n) is 5.00. The van der Waals surface area contributed by atoms with E-state index in [2.05, 4.69) is 14.5 Å². The van der Waals surface area contributed by atoms with Gasteiger partial charge in [-0.2, -0.15) is 0 Å². The fourth-order valence-electron chi connectivity index (χ4n) is 2.97. The molecule has 0 bridgehead atoms. The van der Waals surface area contributed by atoms with Gasteiger partial charge in [-0.05, 0) is 30.7 Å². The molecule has 2 heterocycles. The van der Waals surface area contributed by atoms with Crippen LogP contribution in [0.15, 0.2) is 18.6 Å². The largest absolute Gasteiger partial charge is 0.396 e. The molecule has 1 aliphatic carbocycles. The van der Waals surface area contributed by atoms with E-state index in [1.807, 2.05) is 12.3 Å². The summed E-state index contributed by atoms with van der Waals surface area (Å²) in [7, 11) is 0. The van der Waals surface area contributed by atoms with Crippen molar-refractivity contribution in [2.45, 2.75) is 25.8 Å². The first-order valence-corrected chi connectivity index (χ1v) is 6.73. The Labute approximate surface area is 111 Å². The molecule has 96 valence electrons. The maximum Gasteiger partial charge on any atom is 0.144 e. The van der Waals surface area contributed by atoms with Crippen LogP contribution in [0.25, 0.3) is 11.0 Å². The SMILES string of the molecule is OC[C@@H]1CCC[C@@H]1Cn1ccc2c(Cl)ncnc21. The zero-order chi connectivity index (χ0) is 12.5. The molecule has 1 saturated carbocycles. The molecule has 0 radical (unpaired) electrons. The maximum absolute atomic E-state index is 9.37. The quantitative estimate of drug-likeness (QED) is 0.868. The first-order chi connectivity index (χ1) is 8.79. The molecule has 2 aromatic rings. The molecule has 5 heteroatoms. The van der Waals surface area contributed by atoms with E-state index in [1.54, 1.807) is 0 Å². The highest BCUT2D eigenvalue weighted by Gasteiger charge is 2.27. The van der Waals surface area contributed by atoms with Crippen LogP contribution in [0.3, 0.4) is 0 Å². The van der Waals surface area contributed by atoms with Gasteiger partial charge in [0, 0.05) is 19.3 Å². The van der Waals surface area contributed by atoms with Crippen LogP contribution in [0.1, 0.15) is 19.3 Å². The minimum atomic E-state index is 0.291. The summed E-state index contributed by atoms with van der Waals surface area (Å²) in [6, 6.07) is 1.96. The van der Waals surface area contributed by atoms with Gasteiger partial charge in [0.15, 0.2) is 0 Å². The fraction of sp³-hybridized carbons (Fsp3) is 0.538. The number of aliphatic hydroxyl groups is 1. The molecule has 0 aromatic carbocycles. The molecule has 0 aliphatic heterocycles. The lowest BCUT2D eigenvalue weighted by Crippen LogP contribution is -2.17. The highest BCUT2D eigenvalue weighted by Crippen LogP contribution is 2.33. The number of nitrogens with zero attached hydrogens (tertiary/aromatic N) is 3. The van der Waals surface area contributed by atoms with Gasteiger partial charge in [-0.1, -0.05) is 18.0 Å². The third-order valence-electron chi connectivity index (χ3n) is 3.99. The van der Waals surface area contributed by atoms with E-state index in [1.165, 1.54) is 19.2 Å². The second-order valence-corrected chi connectivity index (χ2v) is 5.36. The predicted octanol–water partition coefficient (Wildman–Crippen LogP) is 2.49. The summed E-state index contributed by atoms with van der Waals surface area (Å²) >= 11 is 6.04. The second kappa shape index (κ2) is 4.86. The van der Waals surface area contributed by atoms with E-state index in [4.69, 9.17) is 11.6 Å². The molecule has 0 saturated heterocycles. The molecule has 18 heavy (non-hydrogen) atoms. The van der Waals surface area contributed by atoms with Crippen LogP contribution in [0.2, 0.25) is 5.15 Å². The van der Waals surface area contributed by atoms with Gasteiger partial charge in [0.05, 0.1) is 5.39 Å². The smallest absolute Gasteiger partial charge is 0.144 e. The third-order valence-corrected chi connectivity index (χ3v) is 4.29. The van der Waals surface area contributed by atoms with Crippen molar-refractivity contribution >= 4 is 22.6 Å². The number of hydrogen-bond donors (Lipinski definition) is 1. The number of aliphatic hydroxyl groups excluding tert-OH is 1. The van der Waals surface area contributed by atoms with Crippen LogP contribution in [0, 0.1) is 11.8 Å². The molecular formula is C13H16ClN3O. The van der Waals surface area contributed by atoms with Crippen molar-refractivity contribution in [2.24, 2.45) is 11.8 Å². The summed E-state index contributed by atoms with van der Waals surface area (Å²) in [4.78, 5) is 8.28. The molecule has 2 atom stereocenters. The van der Waals surface area contributed by atoms with E-state index < -0.39 is 0 Å². The van der Waals surface area contributed by atoms with Gasteiger partial charge in [0.1, 0.15) is 17.1 Å². The summed E-state index contributed by atoms with van der Waals surface area (Å²) in [5.41, 5.74) is 0.888. The lowest BCUT2D eigenvalue weighted by Gasteiger charge is -2.18. The van der Waals surface area contributed by atoms with Crippen molar-refractivity contribution in [1.82, 2.24) is 14.5 Å². The molecule has 0 amide bonds. The van der Waals surface area contributed by atoms with Crippen LogP contribution in [-0.2, 0) is 6.54 Å². The third kappa shape index (κ3) is 1.99.